The number of hydrogen-bond acceptors (Lipinski definition) is 5. The van der Waals surface area contributed by atoms with Gasteiger partial charge in [0, 0.05) is 12.8 Å². The maximum Gasteiger partial charge on any atom is 0.305 e. The van der Waals surface area contributed by atoms with Gasteiger partial charge in [-0.05, 0) is 51.4 Å². The van der Waals surface area contributed by atoms with Crippen molar-refractivity contribution in [2.45, 2.75) is 264 Å². The fourth-order valence-electron chi connectivity index (χ4n) is 7.22. The molecule has 55 heavy (non-hydrogen) atoms. The first-order valence-corrected chi connectivity index (χ1v) is 24.1. The Morgan fingerprint density at radius 2 is 0.873 bits per heavy atom. The molecule has 0 saturated heterocycles. The van der Waals surface area contributed by atoms with Gasteiger partial charge in [0.05, 0.1) is 25.4 Å². The Morgan fingerprint density at radius 3 is 1.33 bits per heavy atom. The molecule has 0 aromatic rings. The highest BCUT2D eigenvalue weighted by Gasteiger charge is 2.17. The van der Waals surface area contributed by atoms with E-state index < -0.39 is 12.1 Å². The van der Waals surface area contributed by atoms with Crippen molar-refractivity contribution in [2.75, 3.05) is 13.2 Å². The predicted molar refractivity (Wildman–Crippen MR) is 236 cm³/mol. The third-order valence-electron chi connectivity index (χ3n) is 11.0. The summed E-state index contributed by atoms with van der Waals surface area (Å²) in [6.45, 7) is 4.80. The number of amides is 1. The maximum absolute atomic E-state index is 12.4. The summed E-state index contributed by atoms with van der Waals surface area (Å²) >= 11 is 0. The smallest absolute Gasteiger partial charge is 0.305 e. The van der Waals surface area contributed by atoms with E-state index in [-0.39, 0.29) is 18.5 Å². The highest BCUT2D eigenvalue weighted by atomic mass is 16.5. The van der Waals surface area contributed by atoms with Crippen LogP contribution in [0.5, 0.6) is 0 Å². The van der Waals surface area contributed by atoms with Crippen molar-refractivity contribution in [1.29, 1.82) is 0 Å². The molecule has 0 aromatic carbocycles. The van der Waals surface area contributed by atoms with Gasteiger partial charge in [-0.1, -0.05) is 212 Å². The SMILES string of the molecule is CCCCCCCCCCCCC/C=C/C(O)C(CO)NC(=O)CCC/C=C\CCCCCCOC(=O)CCCCCCCCCCCCCCCCCC. The second kappa shape index (κ2) is 45.0. The Bertz CT molecular complexity index is 858. The molecule has 0 spiro atoms. The molecular weight excluding hydrogens is 683 g/mol. The maximum atomic E-state index is 12.4. The van der Waals surface area contributed by atoms with E-state index >= 15 is 0 Å². The van der Waals surface area contributed by atoms with Crippen molar-refractivity contribution in [3.8, 4) is 0 Å². The van der Waals surface area contributed by atoms with E-state index in [0.717, 1.165) is 70.6 Å². The van der Waals surface area contributed by atoms with Crippen molar-refractivity contribution >= 4 is 11.9 Å². The highest BCUT2D eigenvalue weighted by molar-refractivity contribution is 5.76. The standard InChI is InChI=1S/C49H93NO5/c1-3-5-7-9-11-13-15-17-18-19-21-23-27-31-35-39-43-49(54)55-44-40-36-32-28-24-26-30-34-38-42-48(53)50-46(45-51)47(52)41-37-33-29-25-22-20-16-14-12-10-8-6-4-2/h26,30,37,41,46-47,51-52H,3-25,27-29,31-36,38-40,42-45H2,1-2H3,(H,50,53)/b30-26-,41-37+. The first kappa shape index (κ1) is 53.3. The van der Waals surface area contributed by atoms with E-state index in [1.54, 1.807) is 6.08 Å². The van der Waals surface area contributed by atoms with Gasteiger partial charge in [-0.15, -0.1) is 0 Å². The summed E-state index contributed by atoms with van der Waals surface area (Å²) in [5.74, 6) is -0.164. The number of carbonyl (C=O) groups is 2. The number of carbonyl (C=O) groups excluding carboxylic acids is 2. The van der Waals surface area contributed by atoms with Crippen molar-refractivity contribution in [3.63, 3.8) is 0 Å². The number of hydrogen-bond donors (Lipinski definition) is 3. The second-order valence-corrected chi connectivity index (χ2v) is 16.4. The fourth-order valence-corrected chi connectivity index (χ4v) is 7.22. The van der Waals surface area contributed by atoms with Crippen LogP contribution in [-0.4, -0.2) is 47.4 Å². The Kier molecular flexibility index (Phi) is 43.7. The van der Waals surface area contributed by atoms with Crippen LogP contribution in [0.4, 0.5) is 0 Å². The average molecular weight is 776 g/mol. The zero-order valence-corrected chi connectivity index (χ0v) is 36.7. The highest BCUT2D eigenvalue weighted by Crippen LogP contribution is 2.15. The number of allylic oxidation sites excluding steroid dienone is 3. The lowest BCUT2D eigenvalue weighted by molar-refractivity contribution is -0.143. The van der Waals surface area contributed by atoms with E-state index in [4.69, 9.17) is 4.74 Å². The summed E-state index contributed by atoms with van der Waals surface area (Å²) in [5, 5.41) is 22.9. The molecule has 0 saturated carbocycles. The van der Waals surface area contributed by atoms with E-state index in [1.807, 2.05) is 6.08 Å². The van der Waals surface area contributed by atoms with Crippen LogP contribution in [0.3, 0.4) is 0 Å². The summed E-state index contributed by atoms with van der Waals surface area (Å²) in [6, 6.07) is -0.663. The summed E-state index contributed by atoms with van der Waals surface area (Å²) in [4.78, 5) is 24.4. The van der Waals surface area contributed by atoms with Gasteiger partial charge >= 0.3 is 5.97 Å². The van der Waals surface area contributed by atoms with E-state index in [1.165, 1.54) is 154 Å². The second-order valence-electron chi connectivity index (χ2n) is 16.4. The molecule has 0 aliphatic heterocycles. The van der Waals surface area contributed by atoms with Gasteiger partial charge < -0.3 is 20.3 Å². The largest absolute Gasteiger partial charge is 0.466 e. The molecule has 6 nitrogen and oxygen atoms in total. The van der Waals surface area contributed by atoms with Gasteiger partial charge in [0.1, 0.15) is 0 Å². The molecule has 0 bridgehead atoms. The summed E-state index contributed by atoms with van der Waals surface area (Å²) < 4.78 is 5.44. The number of esters is 1. The van der Waals surface area contributed by atoms with Crippen molar-refractivity contribution in [1.82, 2.24) is 5.32 Å². The predicted octanol–water partition coefficient (Wildman–Crippen LogP) is 14.0. The molecule has 324 valence electrons. The third-order valence-corrected chi connectivity index (χ3v) is 11.0. The molecule has 1 amide bonds. The van der Waals surface area contributed by atoms with Crippen LogP contribution in [0.15, 0.2) is 24.3 Å². The molecule has 0 aliphatic carbocycles. The molecule has 3 N–H and O–H groups in total. The van der Waals surface area contributed by atoms with Gasteiger partial charge in [0.15, 0.2) is 0 Å². The normalized spacial score (nSPS) is 12.9. The van der Waals surface area contributed by atoms with Crippen LogP contribution in [0, 0.1) is 0 Å². The summed E-state index contributed by atoms with van der Waals surface area (Å²) in [7, 11) is 0. The molecule has 0 aromatic heterocycles. The zero-order chi connectivity index (χ0) is 40.1. The third kappa shape index (κ3) is 41.8. The van der Waals surface area contributed by atoms with E-state index in [0.29, 0.717) is 19.4 Å². The summed E-state index contributed by atoms with van der Waals surface area (Å²) in [5.41, 5.74) is 0. The molecule has 0 rings (SSSR count). The van der Waals surface area contributed by atoms with Crippen molar-refractivity contribution in [2.24, 2.45) is 0 Å². The minimum absolute atomic E-state index is 0.0353. The Morgan fingerprint density at radius 1 is 0.491 bits per heavy atom. The topological polar surface area (TPSA) is 95.9 Å². The van der Waals surface area contributed by atoms with Crippen LogP contribution in [0.1, 0.15) is 251 Å². The number of nitrogens with one attached hydrogen (secondary N) is 1. The van der Waals surface area contributed by atoms with Gasteiger partial charge in [0.2, 0.25) is 5.91 Å². The molecule has 0 radical (unpaired) electrons. The summed E-state index contributed by atoms with van der Waals surface area (Å²) in [6.07, 6.45) is 51.8. The van der Waals surface area contributed by atoms with Gasteiger partial charge in [-0.3, -0.25) is 9.59 Å². The fraction of sp³-hybridized carbons (Fsp3) is 0.878. The first-order chi connectivity index (χ1) is 27.0. The quantitative estimate of drug-likeness (QED) is 0.0325. The van der Waals surface area contributed by atoms with Crippen LogP contribution >= 0.6 is 0 Å². The lowest BCUT2D eigenvalue weighted by atomic mass is 10.0. The molecular formula is C49H93NO5. The van der Waals surface area contributed by atoms with Crippen LogP contribution in [0.25, 0.3) is 0 Å². The number of ether oxygens (including phenoxy) is 1. The van der Waals surface area contributed by atoms with E-state index in [9.17, 15) is 19.8 Å². The van der Waals surface area contributed by atoms with Gasteiger partial charge in [0.25, 0.3) is 0 Å². The Balaban J connectivity index is 3.56. The van der Waals surface area contributed by atoms with Crippen LogP contribution in [-0.2, 0) is 14.3 Å². The van der Waals surface area contributed by atoms with Gasteiger partial charge in [-0.25, -0.2) is 0 Å². The first-order valence-electron chi connectivity index (χ1n) is 24.1. The number of unbranched alkanes of at least 4 members (excludes halogenated alkanes) is 31. The minimum Gasteiger partial charge on any atom is -0.466 e. The number of rotatable bonds is 44. The van der Waals surface area contributed by atoms with Crippen molar-refractivity contribution < 1.29 is 24.5 Å². The van der Waals surface area contributed by atoms with Gasteiger partial charge in [-0.2, -0.15) is 0 Å². The van der Waals surface area contributed by atoms with E-state index in [2.05, 4.69) is 31.3 Å². The zero-order valence-electron chi connectivity index (χ0n) is 36.7. The molecule has 0 fully saturated rings. The Labute approximate surface area is 341 Å². The number of aliphatic hydroxyl groups excluding tert-OH is 2. The van der Waals surface area contributed by atoms with Crippen LogP contribution in [0.2, 0.25) is 0 Å². The molecule has 2 atom stereocenters. The van der Waals surface area contributed by atoms with Crippen LogP contribution < -0.4 is 5.32 Å². The van der Waals surface area contributed by atoms with Crippen molar-refractivity contribution in [3.05, 3.63) is 24.3 Å². The minimum atomic E-state index is -0.873. The number of aliphatic hydroxyl groups is 2. The lowest BCUT2D eigenvalue weighted by Gasteiger charge is -2.19. The molecule has 6 heteroatoms. The lowest BCUT2D eigenvalue weighted by Crippen LogP contribution is -2.45. The average Bonchev–Trinajstić information content (AvgIpc) is 3.18. The monoisotopic (exact) mass is 776 g/mol. The molecule has 0 aliphatic rings. The Hall–Kier alpha value is -1.66. The molecule has 2 unspecified atom stereocenters. The molecule has 0 heterocycles.